The van der Waals surface area contributed by atoms with E-state index >= 15 is 0 Å². The summed E-state index contributed by atoms with van der Waals surface area (Å²) in [4.78, 5) is 25.6. The normalized spacial score (nSPS) is 11.8. The lowest BCUT2D eigenvalue weighted by molar-refractivity contribution is -0.143. The molecule has 10 heteroatoms. The molecule has 3 aromatic rings. The van der Waals surface area contributed by atoms with E-state index in [-0.39, 0.29) is 16.5 Å². The monoisotopic (exact) mass is 356 g/mol. The van der Waals surface area contributed by atoms with Crippen molar-refractivity contribution in [1.29, 1.82) is 0 Å². The molecule has 3 N–H and O–H groups in total. The fourth-order valence-electron chi connectivity index (χ4n) is 2.44. The molecule has 1 amide bonds. The van der Waals surface area contributed by atoms with E-state index in [0.717, 1.165) is 0 Å². The lowest BCUT2D eigenvalue weighted by atomic mass is 10.1. The molecule has 0 fully saturated rings. The van der Waals surface area contributed by atoms with Crippen LogP contribution in [0.3, 0.4) is 0 Å². The number of pyridine rings is 1. The first kappa shape index (κ1) is 16.1. The summed E-state index contributed by atoms with van der Waals surface area (Å²) in [5.74, 6) is -1.35. The van der Waals surface area contributed by atoms with Crippen LogP contribution in [0.4, 0.5) is 13.2 Å². The first-order valence-corrected chi connectivity index (χ1v) is 6.86. The lowest BCUT2D eigenvalue weighted by Gasteiger charge is -2.13. The van der Waals surface area contributed by atoms with Gasteiger partial charge in [-0.25, -0.2) is 4.68 Å². The number of benzene rings is 1. The highest BCUT2D eigenvalue weighted by atomic mass is 35.5. The van der Waals surface area contributed by atoms with Gasteiger partial charge in [0, 0.05) is 17.0 Å². The number of fused-ring (bicyclic) bond motifs is 1. The maximum absolute atomic E-state index is 13.5. The van der Waals surface area contributed by atoms with Crippen molar-refractivity contribution in [3.63, 3.8) is 0 Å². The van der Waals surface area contributed by atoms with Crippen molar-refractivity contribution in [1.82, 2.24) is 14.8 Å². The SMILES string of the molecule is NC(=O)c1c(Cl)nn(-c2cccc3c(=O)[nH]ccc23)c1C(F)(F)F. The van der Waals surface area contributed by atoms with Gasteiger partial charge in [-0.1, -0.05) is 17.7 Å². The number of alkyl halides is 3. The fourth-order valence-corrected chi connectivity index (χ4v) is 2.69. The lowest BCUT2D eigenvalue weighted by Crippen LogP contribution is -2.21. The van der Waals surface area contributed by atoms with Crippen LogP contribution in [-0.4, -0.2) is 20.7 Å². The zero-order valence-corrected chi connectivity index (χ0v) is 12.4. The van der Waals surface area contributed by atoms with Crippen molar-refractivity contribution in [2.45, 2.75) is 6.18 Å². The zero-order chi connectivity index (χ0) is 17.6. The molecule has 0 atom stereocenters. The Balaban J connectivity index is 2.45. The maximum atomic E-state index is 13.5. The van der Waals surface area contributed by atoms with Crippen molar-refractivity contribution in [2.24, 2.45) is 5.73 Å². The number of aromatic nitrogens is 3. The summed E-state index contributed by atoms with van der Waals surface area (Å²) in [5.41, 5.74) is 2.16. The molecule has 0 bridgehead atoms. The van der Waals surface area contributed by atoms with E-state index in [2.05, 4.69) is 10.1 Å². The topological polar surface area (TPSA) is 93.8 Å². The number of nitrogens with two attached hydrogens (primary N) is 1. The smallest absolute Gasteiger partial charge is 0.365 e. The Hall–Kier alpha value is -2.81. The molecule has 0 spiro atoms. The number of nitrogens with one attached hydrogen (secondary N) is 1. The number of primary amides is 1. The number of hydrogen-bond acceptors (Lipinski definition) is 3. The van der Waals surface area contributed by atoms with E-state index in [0.29, 0.717) is 4.68 Å². The number of carbonyl (C=O) groups is 1. The second kappa shape index (κ2) is 5.38. The Kier molecular flexibility index (Phi) is 3.60. The summed E-state index contributed by atoms with van der Waals surface area (Å²) < 4.78 is 40.8. The van der Waals surface area contributed by atoms with Crippen molar-refractivity contribution >= 4 is 28.3 Å². The van der Waals surface area contributed by atoms with Crippen molar-refractivity contribution in [2.75, 3.05) is 0 Å². The van der Waals surface area contributed by atoms with Crippen LogP contribution in [0.5, 0.6) is 0 Å². The molecule has 24 heavy (non-hydrogen) atoms. The fraction of sp³-hybridized carbons (Fsp3) is 0.0714. The molecule has 6 nitrogen and oxygen atoms in total. The Morgan fingerprint density at radius 3 is 2.58 bits per heavy atom. The summed E-state index contributed by atoms with van der Waals surface area (Å²) >= 11 is 5.68. The van der Waals surface area contributed by atoms with Crippen molar-refractivity contribution in [3.8, 4) is 5.69 Å². The van der Waals surface area contributed by atoms with E-state index < -0.39 is 34.1 Å². The second-order valence-electron chi connectivity index (χ2n) is 4.83. The minimum Gasteiger partial charge on any atom is -0.365 e. The van der Waals surface area contributed by atoms with Gasteiger partial charge < -0.3 is 10.7 Å². The van der Waals surface area contributed by atoms with Crippen LogP contribution in [0.1, 0.15) is 16.1 Å². The summed E-state index contributed by atoms with van der Waals surface area (Å²) in [6.45, 7) is 0. The molecule has 1 aromatic carbocycles. The molecule has 124 valence electrons. The molecule has 0 aliphatic heterocycles. The molecular weight excluding hydrogens is 349 g/mol. The molecular formula is C14H8ClF3N4O2. The van der Waals surface area contributed by atoms with E-state index in [1.54, 1.807) is 0 Å². The standard InChI is InChI=1S/C14H8ClF3N4O2/c15-11-9(12(19)23)10(14(16,17)18)22(21-11)8-3-1-2-7-6(8)4-5-20-13(7)24/h1-5H,(H2,19,23)(H,20,24). The molecule has 0 radical (unpaired) electrons. The Morgan fingerprint density at radius 2 is 1.96 bits per heavy atom. The number of rotatable bonds is 2. The van der Waals surface area contributed by atoms with E-state index in [9.17, 15) is 22.8 Å². The molecule has 2 heterocycles. The van der Waals surface area contributed by atoms with Gasteiger partial charge in [0.05, 0.1) is 5.69 Å². The predicted molar refractivity (Wildman–Crippen MR) is 80.2 cm³/mol. The first-order chi connectivity index (χ1) is 11.2. The van der Waals surface area contributed by atoms with Crippen LogP contribution >= 0.6 is 11.6 Å². The highest BCUT2D eigenvalue weighted by Gasteiger charge is 2.42. The van der Waals surface area contributed by atoms with E-state index in [4.69, 9.17) is 17.3 Å². The van der Waals surface area contributed by atoms with Crippen LogP contribution in [0, 0.1) is 0 Å². The van der Waals surface area contributed by atoms with Gasteiger partial charge >= 0.3 is 6.18 Å². The van der Waals surface area contributed by atoms with Crippen LogP contribution < -0.4 is 11.3 Å². The van der Waals surface area contributed by atoms with Gasteiger partial charge in [0.15, 0.2) is 10.8 Å². The molecule has 0 saturated carbocycles. The Morgan fingerprint density at radius 1 is 1.25 bits per heavy atom. The predicted octanol–water partition coefficient (Wildman–Crippen LogP) is 2.48. The number of aromatic amines is 1. The van der Waals surface area contributed by atoms with Crippen LogP contribution in [0.15, 0.2) is 35.3 Å². The largest absolute Gasteiger partial charge is 0.434 e. The van der Waals surface area contributed by atoms with Crippen LogP contribution in [0.25, 0.3) is 16.5 Å². The number of nitrogens with zero attached hydrogens (tertiary/aromatic N) is 2. The van der Waals surface area contributed by atoms with Gasteiger partial charge in [0.25, 0.3) is 11.5 Å². The second-order valence-corrected chi connectivity index (χ2v) is 5.19. The molecule has 0 unspecified atom stereocenters. The third-order valence-corrected chi connectivity index (χ3v) is 3.64. The summed E-state index contributed by atoms with van der Waals surface area (Å²) in [6, 6.07) is 5.59. The number of H-pyrrole nitrogens is 1. The number of halogens is 4. The molecule has 0 aliphatic rings. The van der Waals surface area contributed by atoms with Crippen molar-refractivity contribution in [3.05, 3.63) is 57.2 Å². The first-order valence-electron chi connectivity index (χ1n) is 6.48. The highest BCUT2D eigenvalue weighted by molar-refractivity contribution is 6.32. The summed E-state index contributed by atoms with van der Waals surface area (Å²) in [6.07, 6.45) is -3.64. The average Bonchev–Trinajstić information content (AvgIpc) is 2.85. The quantitative estimate of drug-likeness (QED) is 0.738. The minimum atomic E-state index is -4.94. The Bertz CT molecular complexity index is 1020. The van der Waals surface area contributed by atoms with Crippen LogP contribution in [0.2, 0.25) is 5.15 Å². The highest BCUT2D eigenvalue weighted by Crippen LogP contribution is 2.37. The van der Waals surface area contributed by atoms with Gasteiger partial charge in [0.2, 0.25) is 0 Å². The Labute approximate surface area is 136 Å². The maximum Gasteiger partial charge on any atom is 0.434 e. The minimum absolute atomic E-state index is 0.0553. The third kappa shape index (κ3) is 2.42. The molecule has 0 saturated heterocycles. The van der Waals surface area contributed by atoms with Gasteiger partial charge in [-0.15, -0.1) is 0 Å². The number of carbonyl (C=O) groups excluding carboxylic acids is 1. The van der Waals surface area contributed by atoms with Gasteiger partial charge in [-0.05, 0) is 18.2 Å². The number of hydrogen-bond donors (Lipinski definition) is 2. The summed E-state index contributed by atoms with van der Waals surface area (Å²) in [7, 11) is 0. The van der Waals surface area contributed by atoms with Crippen LogP contribution in [-0.2, 0) is 6.18 Å². The third-order valence-electron chi connectivity index (χ3n) is 3.38. The molecule has 3 rings (SSSR count). The summed E-state index contributed by atoms with van der Waals surface area (Å²) in [5, 5.41) is 3.30. The van der Waals surface area contributed by atoms with Gasteiger partial charge in [-0.2, -0.15) is 18.3 Å². The molecule has 0 aliphatic carbocycles. The van der Waals surface area contributed by atoms with Gasteiger partial charge in [-0.3, -0.25) is 9.59 Å². The average molecular weight is 357 g/mol. The zero-order valence-electron chi connectivity index (χ0n) is 11.7. The molecule has 2 aromatic heterocycles. The number of amides is 1. The van der Waals surface area contributed by atoms with Crippen molar-refractivity contribution < 1.29 is 18.0 Å². The van der Waals surface area contributed by atoms with Gasteiger partial charge in [0.1, 0.15) is 5.56 Å². The van der Waals surface area contributed by atoms with E-state index in [1.807, 2.05) is 0 Å². The van der Waals surface area contributed by atoms with E-state index in [1.165, 1.54) is 30.5 Å².